The molecule has 126 valence electrons. The molecule has 2 aromatic rings. The van der Waals surface area contributed by atoms with Crippen molar-refractivity contribution in [2.75, 3.05) is 13.1 Å². The number of hydrogen-bond donors (Lipinski definition) is 1. The minimum absolute atomic E-state index is 0.117. The SMILES string of the molecule is NCC1c2c(F)cc(F)cc2CN1CC1(c2ccccc2)CCC1. The monoisotopic (exact) mass is 328 g/mol. The van der Waals surface area contributed by atoms with E-state index in [1.54, 1.807) is 0 Å². The highest BCUT2D eigenvalue weighted by molar-refractivity contribution is 5.37. The van der Waals surface area contributed by atoms with Gasteiger partial charge in [-0.3, -0.25) is 4.90 Å². The van der Waals surface area contributed by atoms with Gasteiger partial charge in [-0.2, -0.15) is 0 Å². The zero-order valence-electron chi connectivity index (χ0n) is 13.6. The average molecular weight is 328 g/mol. The number of halogens is 2. The number of rotatable bonds is 4. The van der Waals surface area contributed by atoms with E-state index >= 15 is 0 Å². The Morgan fingerprint density at radius 2 is 1.88 bits per heavy atom. The number of nitrogens with two attached hydrogens (primary N) is 1. The van der Waals surface area contributed by atoms with Gasteiger partial charge in [-0.25, -0.2) is 8.78 Å². The first kappa shape index (κ1) is 15.7. The Morgan fingerprint density at radius 1 is 1.12 bits per heavy atom. The van der Waals surface area contributed by atoms with Gasteiger partial charge >= 0.3 is 0 Å². The van der Waals surface area contributed by atoms with Crippen molar-refractivity contribution in [2.45, 2.75) is 37.3 Å². The number of benzene rings is 2. The highest BCUT2D eigenvalue weighted by Gasteiger charge is 2.43. The summed E-state index contributed by atoms with van der Waals surface area (Å²) in [6.45, 7) is 1.76. The molecule has 2 aliphatic rings. The third kappa shape index (κ3) is 2.45. The Kier molecular flexibility index (Phi) is 3.89. The second kappa shape index (κ2) is 5.94. The molecular formula is C20H22F2N2. The largest absolute Gasteiger partial charge is 0.329 e. The standard InChI is InChI=1S/C20H22F2N2/c21-16-9-14-12-24(18(11-23)19(14)17(22)10-16)13-20(7-4-8-20)15-5-2-1-3-6-15/h1-3,5-6,9-10,18H,4,7-8,11-13,23H2. The Balaban J connectivity index is 1.65. The maximum absolute atomic E-state index is 14.3. The van der Waals surface area contributed by atoms with Gasteiger partial charge in [0.25, 0.3) is 0 Å². The fourth-order valence-corrected chi connectivity index (χ4v) is 4.41. The van der Waals surface area contributed by atoms with Gasteiger partial charge in [0, 0.05) is 36.7 Å². The number of nitrogens with zero attached hydrogens (tertiary/aromatic N) is 1. The summed E-state index contributed by atoms with van der Waals surface area (Å²) in [5.41, 5.74) is 8.75. The third-order valence-corrected chi connectivity index (χ3v) is 5.75. The molecule has 0 saturated heterocycles. The maximum atomic E-state index is 14.3. The van der Waals surface area contributed by atoms with E-state index in [0.717, 1.165) is 31.0 Å². The zero-order chi connectivity index (χ0) is 16.7. The molecule has 2 N–H and O–H groups in total. The van der Waals surface area contributed by atoms with Crippen molar-refractivity contribution in [1.82, 2.24) is 4.90 Å². The van der Waals surface area contributed by atoms with E-state index in [9.17, 15) is 8.78 Å². The Hall–Kier alpha value is -1.78. The quantitative estimate of drug-likeness (QED) is 0.922. The van der Waals surface area contributed by atoms with Crippen LogP contribution in [0.5, 0.6) is 0 Å². The lowest BCUT2D eigenvalue weighted by Crippen LogP contribution is -2.46. The van der Waals surface area contributed by atoms with Crippen LogP contribution in [-0.4, -0.2) is 18.0 Å². The van der Waals surface area contributed by atoms with E-state index in [1.165, 1.54) is 18.1 Å². The molecule has 0 radical (unpaired) electrons. The molecule has 1 fully saturated rings. The lowest BCUT2D eigenvalue weighted by atomic mass is 9.64. The molecule has 1 saturated carbocycles. The maximum Gasteiger partial charge on any atom is 0.131 e. The van der Waals surface area contributed by atoms with Gasteiger partial charge in [0.1, 0.15) is 11.6 Å². The molecule has 0 aromatic heterocycles. The third-order valence-electron chi connectivity index (χ3n) is 5.75. The van der Waals surface area contributed by atoms with Gasteiger partial charge < -0.3 is 5.73 Å². The molecule has 1 aliphatic heterocycles. The van der Waals surface area contributed by atoms with E-state index in [-0.39, 0.29) is 11.5 Å². The van der Waals surface area contributed by atoms with E-state index in [0.29, 0.717) is 18.7 Å². The molecule has 1 aliphatic carbocycles. The van der Waals surface area contributed by atoms with Crippen LogP contribution in [0, 0.1) is 11.6 Å². The first-order valence-corrected chi connectivity index (χ1v) is 8.60. The van der Waals surface area contributed by atoms with Crippen LogP contribution in [0.4, 0.5) is 8.78 Å². The molecule has 1 heterocycles. The molecule has 4 heteroatoms. The number of hydrogen-bond acceptors (Lipinski definition) is 2. The van der Waals surface area contributed by atoms with Crippen LogP contribution in [0.1, 0.15) is 42.0 Å². The van der Waals surface area contributed by atoms with E-state index in [2.05, 4.69) is 29.2 Å². The molecule has 0 bridgehead atoms. The summed E-state index contributed by atoms with van der Waals surface area (Å²) in [4.78, 5) is 2.24. The highest BCUT2D eigenvalue weighted by atomic mass is 19.1. The summed E-state index contributed by atoms with van der Waals surface area (Å²) in [6, 6.07) is 12.8. The summed E-state index contributed by atoms with van der Waals surface area (Å²) in [6.07, 6.45) is 3.49. The van der Waals surface area contributed by atoms with Crippen molar-refractivity contribution in [3.8, 4) is 0 Å². The van der Waals surface area contributed by atoms with E-state index in [4.69, 9.17) is 5.73 Å². The Bertz CT molecular complexity index is 741. The fourth-order valence-electron chi connectivity index (χ4n) is 4.41. The van der Waals surface area contributed by atoms with Crippen LogP contribution in [0.2, 0.25) is 0 Å². The van der Waals surface area contributed by atoms with Crippen LogP contribution in [0.15, 0.2) is 42.5 Å². The van der Waals surface area contributed by atoms with Crippen LogP contribution in [-0.2, 0) is 12.0 Å². The molecule has 2 nitrogen and oxygen atoms in total. The summed E-state index contributed by atoms with van der Waals surface area (Å²) < 4.78 is 27.9. The average Bonchev–Trinajstić information content (AvgIpc) is 2.89. The van der Waals surface area contributed by atoms with Gasteiger partial charge in [0.15, 0.2) is 0 Å². The normalized spacial score (nSPS) is 22.2. The predicted octanol–water partition coefficient (Wildman–Crippen LogP) is 3.90. The van der Waals surface area contributed by atoms with Gasteiger partial charge in [0.05, 0.1) is 6.04 Å². The van der Waals surface area contributed by atoms with E-state index < -0.39 is 11.6 Å². The van der Waals surface area contributed by atoms with Gasteiger partial charge in [0.2, 0.25) is 0 Å². The molecule has 1 atom stereocenters. The van der Waals surface area contributed by atoms with Crippen molar-refractivity contribution >= 4 is 0 Å². The van der Waals surface area contributed by atoms with Gasteiger partial charge in [-0.1, -0.05) is 36.8 Å². The molecule has 0 spiro atoms. The van der Waals surface area contributed by atoms with Crippen molar-refractivity contribution < 1.29 is 8.78 Å². The number of fused-ring (bicyclic) bond motifs is 1. The smallest absolute Gasteiger partial charge is 0.131 e. The molecular weight excluding hydrogens is 306 g/mol. The first-order chi connectivity index (χ1) is 11.6. The molecule has 24 heavy (non-hydrogen) atoms. The Morgan fingerprint density at radius 3 is 2.50 bits per heavy atom. The molecule has 0 amide bonds. The summed E-state index contributed by atoms with van der Waals surface area (Å²) in [5, 5.41) is 0. The lowest BCUT2D eigenvalue weighted by molar-refractivity contribution is 0.112. The summed E-state index contributed by atoms with van der Waals surface area (Å²) in [5.74, 6) is -0.976. The minimum atomic E-state index is -0.509. The van der Waals surface area contributed by atoms with Crippen LogP contribution in [0.25, 0.3) is 0 Å². The van der Waals surface area contributed by atoms with Crippen LogP contribution < -0.4 is 5.73 Å². The van der Waals surface area contributed by atoms with Crippen molar-refractivity contribution in [2.24, 2.45) is 5.73 Å². The second-order valence-corrected chi connectivity index (χ2v) is 7.12. The van der Waals surface area contributed by atoms with Crippen molar-refractivity contribution in [3.63, 3.8) is 0 Å². The first-order valence-electron chi connectivity index (χ1n) is 8.60. The Labute approximate surface area is 141 Å². The van der Waals surface area contributed by atoms with Crippen molar-refractivity contribution in [1.29, 1.82) is 0 Å². The minimum Gasteiger partial charge on any atom is -0.329 e. The zero-order valence-corrected chi connectivity index (χ0v) is 13.6. The molecule has 1 unspecified atom stereocenters. The lowest BCUT2D eigenvalue weighted by Gasteiger charge is -2.46. The highest BCUT2D eigenvalue weighted by Crippen LogP contribution is 2.47. The summed E-state index contributed by atoms with van der Waals surface area (Å²) in [7, 11) is 0. The van der Waals surface area contributed by atoms with E-state index in [1.807, 2.05) is 6.07 Å². The van der Waals surface area contributed by atoms with Crippen LogP contribution in [0.3, 0.4) is 0 Å². The van der Waals surface area contributed by atoms with Gasteiger partial charge in [-0.05, 0) is 30.0 Å². The molecule has 2 aromatic carbocycles. The second-order valence-electron chi connectivity index (χ2n) is 7.12. The van der Waals surface area contributed by atoms with Crippen molar-refractivity contribution in [3.05, 3.63) is 70.8 Å². The van der Waals surface area contributed by atoms with Crippen LogP contribution >= 0.6 is 0 Å². The van der Waals surface area contributed by atoms with Gasteiger partial charge in [-0.15, -0.1) is 0 Å². The predicted molar refractivity (Wildman–Crippen MR) is 90.5 cm³/mol. The summed E-state index contributed by atoms with van der Waals surface area (Å²) >= 11 is 0. The fraction of sp³-hybridized carbons (Fsp3) is 0.400. The molecule has 4 rings (SSSR count). The topological polar surface area (TPSA) is 29.3 Å².